The van der Waals surface area contributed by atoms with Gasteiger partial charge in [0.05, 0.1) is 17.2 Å². The van der Waals surface area contributed by atoms with E-state index in [1.165, 1.54) is 0 Å². The second-order valence-corrected chi connectivity index (χ2v) is 5.05. The third-order valence-corrected chi connectivity index (χ3v) is 3.85. The van der Waals surface area contributed by atoms with Gasteiger partial charge in [0.1, 0.15) is 6.07 Å². The molecule has 0 fully saturated rings. The van der Waals surface area contributed by atoms with Gasteiger partial charge >= 0.3 is 0 Å². The van der Waals surface area contributed by atoms with E-state index in [1.54, 1.807) is 30.1 Å². The molecule has 1 aliphatic heterocycles. The number of para-hydroxylation sites is 2. The van der Waals surface area contributed by atoms with Gasteiger partial charge in [0.15, 0.2) is 0 Å². The van der Waals surface area contributed by atoms with Crippen LogP contribution >= 0.6 is 0 Å². The number of nitrogens with zero attached hydrogens (tertiary/aromatic N) is 2. The maximum atomic E-state index is 12.8. The predicted molar refractivity (Wildman–Crippen MR) is 82.2 cm³/mol. The van der Waals surface area contributed by atoms with Gasteiger partial charge in [-0.1, -0.05) is 30.3 Å². The zero-order chi connectivity index (χ0) is 14.8. The number of fused-ring (bicyclic) bond motifs is 1. The van der Waals surface area contributed by atoms with E-state index in [-0.39, 0.29) is 11.8 Å². The first-order valence-electron chi connectivity index (χ1n) is 6.82. The molecule has 1 heterocycles. The molecule has 0 bridgehead atoms. The van der Waals surface area contributed by atoms with Crippen LogP contribution in [0.15, 0.2) is 48.5 Å². The number of benzene rings is 2. The quantitative estimate of drug-likeness (QED) is 0.918. The van der Waals surface area contributed by atoms with Gasteiger partial charge in [0.2, 0.25) is 5.91 Å². The molecule has 0 radical (unpaired) electrons. The van der Waals surface area contributed by atoms with Crippen molar-refractivity contribution in [1.82, 2.24) is 0 Å². The van der Waals surface area contributed by atoms with Crippen LogP contribution in [0, 0.1) is 11.3 Å². The minimum atomic E-state index is -0.210. The Morgan fingerprint density at radius 1 is 1.24 bits per heavy atom. The fraction of sp³-hybridized carbons (Fsp3) is 0.176. The van der Waals surface area contributed by atoms with E-state index in [9.17, 15) is 10.1 Å². The first kappa shape index (κ1) is 13.2. The molecule has 1 atom stereocenters. The fourth-order valence-corrected chi connectivity index (χ4v) is 2.72. The molecular weight excluding hydrogens is 262 g/mol. The summed E-state index contributed by atoms with van der Waals surface area (Å²) in [6, 6.07) is 17.1. The summed E-state index contributed by atoms with van der Waals surface area (Å²) in [5, 5.41) is 12.4. The predicted octanol–water partition coefficient (Wildman–Crippen LogP) is 2.73. The summed E-state index contributed by atoms with van der Waals surface area (Å²) in [5.74, 6) is -0.215. The zero-order valence-electron chi connectivity index (χ0n) is 11.7. The summed E-state index contributed by atoms with van der Waals surface area (Å²) in [4.78, 5) is 14.3. The zero-order valence-corrected chi connectivity index (χ0v) is 11.7. The van der Waals surface area contributed by atoms with Crippen LogP contribution in [0.2, 0.25) is 0 Å². The SMILES string of the molecule is CN(C(=O)C1CNc2ccccc21)c1ccccc1C#N. The minimum Gasteiger partial charge on any atom is -0.384 e. The van der Waals surface area contributed by atoms with Crippen LogP contribution in [0.3, 0.4) is 0 Å². The van der Waals surface area contributed by atoms with Gasteiger partial charge in [-0.2, -0.15) is 5.26 Å². The molecule has 0 saturated heterocycles. The smallest absolute Gasteiger partial charge is 0.236 e. The number of carbonyl (C=O) groups excluding carboxylic acids is 1. The molecule has 1 unspecified atom stereocenters. The summed E-state index contributed by atoms with van der Waals surface area (Å²) in [6.45, 7) is 0.594. The molecule has 0 spiro atoms. The van der Waals surface area contributed by atoms with Crippen LogP contribution in [0.25, 0.3) is 0 Å². The number of rotatable bonds is 2. The first-order chi connectivity index (χ1) is 10.2. The third kappa shape index (κ3) is 2.23. The number of likely N-dealkylation sites (N-methyl/N-ethyl adjacent to an activating group) is 1. The van der Waals surface area contributed by atoms with Gasteiger partial charge in [-0.25, -0.2) is 0 Å². The lowest BCUT2D eigenvalue weighted by atomic mass is 9.99. The monoisotopic (exact) mass is 277 g/mol. The molecule has 4 heteroatoms. The molecule has 1 aliphatic rings. The molecule has 0 saturated carbocycles. The molecule has 1 amide bonds. The van der Waals surface area contributed by atoms with Crippen LogP contribution in [0.4, 0.5) is 11.4 Å². The minimum absolute atomic E-state index is 0.00449. The van der Waals surface area contributed by atoms with Crippen molar-refractivity contribution in [2.75, 3.05) is 23.8 Å². The average Bonchev–Trinajstić information content (AvgIpc) is 2.97. The van der Waals surface area contributed by atoms with E-state index in [2.05, 4.69) is 11.4 Å². The van der Waals surface area contributed by atoms with E-state index >= 15 is 0 Å². The maximum Gasteiger partial charge on any atom is 0.236 e. The second kappa shape index (κ2) is 5.29. The highest BCUT2D eigenvalue weighted by molar-refractivity contribution is 6.00. The molecule has 21 heavy (non-hydrogen) atoms. The molecule has 104 valence electrons. The summed E-state index contributed by atoms with van der Waals surface area (Å²) in [7, 11) is 1.72. The number of amides is 1. The van der Waals surface area contributed by atoms with Gasteiger partial charge < -0.3 is 10.2 Å². The highest BCUT2D eigenvalue weighted by Crippen LogP contribution is 2.33. The Labute approximate surface area is 123 Å². The summed E-state index contributed by atoms with van der Waals surface area (Å²) in [5.41, 5.74) is 3.18. The molecule has 0 aliphatic carbocycles. The molecule has 3 rings (SSSR count). The van der Waals surface area contributed by atoms with Crippen molar-refractivity contribution in [3.05, 3.63) is 59.7 Å². The Kier molecular flexibility index (Phi) is 3.33. The number of hydrogen-bond donors (Lipinski definition) is 1. The lowest BCUT2D eigenvalue weighted by molar-refractivity contribution is -0.119. The lowest BCUT2D eigenvalue weighted by Gasteiger charge is -2.22. The first-order valence-corrected chi connectivity index (χ1v) is 6.82. The number of anilines is 2. The van der Waals surface area contributed by atoms with E-state index < -0.39 is 0 Å². The van der Waals surface area contributed by atoms with Crippen molar-refractivity contribution >= 4 is 17.3 Å². The van der Waals surface area contributed by atoms with Crippen LogP contribution in [-0.2, 0) is 4.79 Å². The van der Waals surface area contributed by atoms with Gasteiger partial charge in [0, 0.05) is 19.3 Å². The molecule has 1 N–H and O–H groups in total. The van der Waals surface area contributed by atoms with Crippen LogP contribution in [0.5, 0.6) is 0 Å². The number of nitriles is 1. The largest absolute Gasteiger partial charge is 0.384 e. The molecule has 2 aromatic rings. The fourth-order valence-electron chi connectivity index (χ4n) is 2.72. The van der Waals surface area contributed by atoms with E-state index in [0.717, 1.165) is 11.3 Å². The molecular formula is C17H15N3O. The van der Waals surface area contributed by atoms with E-state index in [0.29, 0.717) is 17.8 Å². The van der Waals surface area contributed by atoms with Crippen molar-refractivity contribution in [3.8, 4) is 6.07 Å². The third-order valence-electron chi connectivity index (χ3n) is 3.85. The molecule has 4 nitrogen and oxygen atoms in total. The Hall–Kier alpha value is -2.80. The van der Waals surface area contributed by atoms with Crippen molar-refractivity contribution in [1.29, 1.82) is 5.26 Å². The number of hydrogen-bond acceptors (Lipinski definition) is 3. The summed E-state index contributed by atoms with van der Waals surface area (Å²) < 4.78 is 0. The number of carbonyl (C=O) groups is 1. The van der Waals surface area contributed by atoms with Gasteiger partial charge in [-0.05, 0) is 23.8 Å². The highest BCUT2D eigenvalue weighted by Gasteiger charge is 2.31. The van der Waals surface area contributed by atoms with Crippen molar-refractivity contribution < 1.29 is 4.79 Å². The second-order valence-electron chi connectivity index (χ2n) is 5.05. The van der Waals surface area contributed by atoms with Crippen LogP contribution in [-0.4, -0.2) is 19.5 Å². The van der Waals surface area contributed by atoms with E-state index in [1.807, 2.05) is 30.3 Å². The van der Waals surface area contributed by atoms with E-state index in [4.69, 9.17) is 0 Å². The van der Waals surface area contributed by atoms with Crippen molar-refractivity contribution in [2.45, 2.75) is 5.92 Å². The van der Waals surface area contributed by atoms with Crippen molar-refractivity contribution in [2.24, 2.45) is 0 Å². The topological polar surface area (TPSA) is 56.1 Å². The van der Waals surface area contributed by atoms with Crippen LogP contribution < -0.4 is 10.2 Å². The molecule has 0 aromatic heterocycles. The standard InChI is InChI=1S/C17H15N3O/c1-20(16-9-5-2-6-12(16)10-18)17(21)14-11-19-15-8-4-3-7-13(14)15/h2-9,14,19H,11H2,1H3. The van der Waals surface area contributed by atoms with Crippen molar-refractivity contribution in [3.63, 3.8) is 0 Å². The van der Waals surface area contributed by atoms with Gasteiger partial charge in [0.25, 0.3) is 0 Å². The Morgan fingerprint density at radius 2 is 1.95 bits per heavy atom. The maximum absolute atomic E-state index is 12.8. The van der Waals surface area contributed by atoms with Crippen LogP contribution in [0.1, 0.15) is 17.0 Å². The van der Waals surface area contributed by atoms with Gasteiger partial charge in [-0.15, -0.1) is 0 Å². The average molecular weight is 277 g/mol. The lowest BCUT2D eigenvalue weighted by Crippen LogP contribution is -2.33. The Morgan fingerprint density at radius 3 is 2.76 bits per heavy atom. The normalized spacial score (nSPS) is 15.7. The Bertz CT molecular complexity index is 733. The molecule has 2 aromatic carbocycles. The summed E-state index contributed by atoms with van der Waals surface area (Å²) >= 11 is 0. The highest BCUT2D eigenvalue weighted by atomic mass is 16.2. The Balaban J connectivity index is 1.92. The number of nitrogens with one attached hydrogen (secondary N) is 1. The summed E-state index contributed by atoms with van der Waals surface area (Å²) in [6.07, 6.45) is 0. The van der Waals surface area contributed by atoms with Gasteiger partial charge in [-0.3, -0.25) is 4.79 Å².